The Balaban J connectivity index is 1.23. The number of hydrogen-bond acceptors (Lipinski definition) is 6. The van der Waals surface area contributed by atoms with Gasteiger partial charge in [-0.15, -0.1) is 0 Å². The summed E-state index contributed by atoms with van der Waals surface area (Å²) >= 11 is 0. The van der Waals surface area contributed by atoms with Crippen molar-refractivity contribution in [2.45, 2.75) is 18.9 Å². The molecule has 8 nitrogen and oxygen atoms in total. The Bertz CT molecular complexity index is 1320. The van der Waals surface area contributed by atoms with Crippen LogP contribution in [0.25, 0.3) is 6.08 Å². The lowest BCUT2D eigenvalue weighted by molar-refractivity contribution is -0.111. The number of aromatic nitrogens is 2. The largest absolute Gasteiger partial charge is 0.497 e. The van der Waals surface area contributed by atoms with E-state index in [0.29, 0.717) is 29.0 Å². The zero-order valence-corrected chi connectivity index (χ0v) is 19.8. The number of rotatable bonds is 6. The number of methoxy groups -OCH3 is 2. The third kappa shape index (κ3) is 4.77. The molecule has 1 aromatic carbocycles. The van der Waals surface area contributed by atoms with Crippen LogP contribution in [0.2, 0.25) is 0 Å². The van der Waals surface area contributed by atoms with Gasteiger partial charge in [-0.1, -0.05) is 6.07 Å². The quantitative estimate of drug-likeness (QED) is 0.553. The third-order valence-electron chi connectivity index (χ3n) is 6.67. The van der Waals surface area contributed by atoms with Crippen molar-refractivity contribution in [2.75, 3.05) is 37.5 Å². The second-order valence-corrected chi connectivity index (χ2v) is 8.94. The van der Waals surface area contributed by atoms with Gasteiger partial charge in [-0.05, 0) is 48.7 Å². The SMILES string of the molecule is COc1ccc(C=CC(=O)Nc2ccc(N3CC4CC(C3)c3cccc(=O)n3C4)nc2)c(OC)c1. The summed E-state index contributed by atoms with van der Waals surface area (Å²) < 4.78 is 12.5. The maximum absolute atomic E-state index is 12.4. The fraction of sp³-hybridized carbons (Fsp3) is 0.296. The van der Waals surface area contributed by atoms with Crippen LogP contribution in [0, 0.1) is 5.92 Å². The monoisotopic (exact) mass is 472 g/mol. The molecule has 0 aliphatic carbocycles. The molecule has 2 unspecified atom stereocenters. The summed E-state index contributed by atoms with van der Waals surface area (Å²) in [6.07, 6.45) is 5.94. The maximum atomic E-state index is 12.4. The first-order valence-corrected chi connectivity index (χ1v) is 11.7. The Morgan fingerprint density at radius 3 is 2.74 bits per heavy atom. The lowest BCUT2D eigenvalue weighted by atomic mass is 9.83. The average molecular weight is 473 g/mol. The van der Waals surface area contributed by atoms with Gasteiger partial charge in [0.25, 0.3) is 5.56 Å². The molecule has 2 aliphatic heterocycles. The molecule has 180 valence electrons. The highest BCUT2D eigenvalue weighted by Crippen LogP contribution is 2.36. The molecule has 2 bridgehead atoms. The Morgan fingerprint density at radius 1 is 1.09 bits per heavy atom. The van der Waals surface area contributed by atoms with E-state index in [-0.39, 0.29) is 11.5 Å². The molecular weight excluding hydrogens is 444 g/mol. The zero-order valence-electron chi connectivity index (χ0n) is 19.8. The Kier molecular flexibility index (Phi) is 6.27. The van der Waals surface area contributed by atoms with E-state index in [1.807, 2.05) is 34.9 Å². The number of pyridine rings is 2. The summed E-state index contributed by atoms with van der Waals surface area (Å²) in [7, 11) is 3.17. The number of fused-ring (bicyclic) bond motifs is 4. The first-order valence-electron chi connectivity index (χ1n) is 11.7. The van der Waals surface area contributed by atoms with Crippen LogP contribution in [0.4, 0.5) is 11.5 Å². The molecule has 3 aromatic rings. The molecule has 8 heteroatoms. The van der Waals surface area contributed by atoms with Crippen molar-refractivity contribution in [1.82, 2.24) is 9.55 Å². The number of hydrogen-bond donors (Lipinski definition) is 1. The number of anilines is 2. The number of piperidine rings is 1. The number of carbonyl (C=O) groups is 1. The van der Waals surface area contributed by atoms with Gasteiger partial charge in [0, 0.05) is 55.0 Å². The van der Waals surface area contributed by atoms with Gasteiger partial charge in [0.2, 0.25) is 5.91 Å². The van der Waals surface area contributed by atoms with Crippen LogP contribution in [0.1, 0.15) is 23.6 Å². The van der Waals surface area contributed by atoms with E-state index in [1.165, 1.54) is 6.08 Å². The van der Waals surface area contributed by atoms with Crippen LogP contribution in [-0.4, -0.2) is 42.8 Å². The summed E-state index contributed by atoms with van der Waals surface area (Å²) in [5, 5.41) is 2.85. The van der Waals surface area contributed by atoms with Crippen molar-refractivity contribution in [1.29, 1.82) is 0 Å². The van der Waals surface area contributed by atoms with Gasteiger partial charge >= 0.3 is 0 Å². The molecule has 2 aliphatic rings. The maximum Gasteiger partial charge on any atom is 0.250 e. The molecule has 0 spiro atoms. The topological polar surface area (TPSA) is 85.7 Å². The van der Waals surface area contributed by atoms with E-state index < -0.39 is 0 Å². The minimum atomic E-state index is -0.257. The molecule has 1 amide bonds. The van der Waals surface area contributed by atoms with Crippen molar-refractivity contribution in [3.8, 4) is 11.5 Å². The molecular formula is C27H28N4O4. The minimum Gasteiger partial charge on any atom is -0.497 e. The van der Waals surface area contributed by atoms with E-state index in [1.54, 1.807) is 38.6 Å². The average Bonchev–Trinajstić information content (AvgIpc) is 2.88. The van der Waals surface area contributed by atoms with Crippen molar-refractivity contribution in [3.05, 3.63) is 82.4 Å². The predicted molar refractivity (Wildman–Crippen MR) is 135 cm³/mol. The Hall–Kier alpha value is -4.07. The van der Waals surface area contributed by atoms with Gasteiger partial charge in [0.1, 0.15) is 17.3 Å². The van der Waals surface area contributed by atoms with E-state index in [4.69, 9.17) is 9.47 Å². The number of ether oxygens (including phenoxy) is 2. The van der Waals surface area contributed by atoms with Gasteiger partial charge in [0.15, 0.2) is 0 Å². The summed E-state index contributed by atoms with van der Waals surface area (Å²) in [6.45, 7) is 2.44. The zero-order chi connectivity index (χ0) is 24.4. The number of nitrogens with zero attached hydrogens (tertiary/aromatic N) is 3. The van der Waals surface area contributed by atoms with Crippen molar-refractivity contribution in [2.24, 2.45) is 5.92 Å². The van der Waals surface area contributed by atoms with E-state index in [9.17, 15) is 9.59 Å². The molecule has 1 saturated heterocycles. The number of carbonyl (C=O) groups excluding carboxylic acids is 1. The van der Waals surface area contributed by atoms with Gasteiger partial charge in [0.05, 0.1) is 26.1 Å². The van der Waals surface area contributed by atoms with Crippen molar-refractivity contribution in [3.63, 3.8) is 0 Å². The summed E-state index contributed by atoms with van der Waals surface area (Å²) in [5.74, 6) is 2.67. The number of amides is 1. The molecule has 1 fully saturated rings. The molecule has 0 saturated carbocycles. The highest BCUT2D eigenvalue weighted by molar-refractivity contribution is 6.02. The highest BCUT2D eigenvalue weighted by Gasteiger charge is 2.34. The standard InChI is InChI=1S/C27H28N4O4/c1-34-22-9-6-19(24(13-22)35-2)7-11-26(32)29-21-8-10-25(28-14-21)30-15-18-12-20(17-30)23-4-3-5-27(33)31(23)16-18/h3-11,13-14,18,20H,12,15-17H2,1-2H3,(H,29,32). The molecule has 5 rings (SSSR count). The summed E-state index contributed by atoms with van der Waals surface area (Å²) in [5.41, 5.74) is 2.60. The molecule has 2 atom stereocenters. The molecule has 0 radical (unpaired) electrons. The van der Waals surface area contributed by atoms with Gasteiger partial charge < -0.3 is 24.3 Å². The molecule has 2 aromatic heterocycles. The lowest BCUT2D eigenvalue weighted by Crippen LogP contribution is -2.47. The number of nitrogens with one attached hydrogen (secondary N) is 1. The summed E-state index contributed by atoms with van der Waals surface area (Å²) in [6, 6.07) is 14.8. The Morgan fingerprint density at radius 2 is 1.97 bits per heavy atom. The van der Waals surface area contributed by atoms with Gasteiger partial charge in [-0.2, -0.15) is 0 Å². The number of benzene rings is 1. The lowest BCUT2D eigenvalue weighted by Gasteiger charge is -2.43. The first kappa shape index (κ1) is 22.7. The van der Waals surface area contributed by atoms with E-state index >= 15 is 0 Å². The highest BCUT2D eigenvalue weighted by atomic mass is 16.5. The van der Waals surface area contributed by atoms with Gasteiger partial charge in [-0.25, -0.2) is 4.98 Å². The smallest absolute Gasteiger partial charge is 0.250 e. The predicted octanol–water partition coefficient (Wildman–Crippen LogP) is 3.54. The van der Waals surface area contributed by atoms with Crippen LogP contribution in [0.15, 0.2) is 65.6 Å². The van der Waals surface area contributed by atoms with E-state index in [2.05, 4.69) is 21.3 Å². The summed E-state index contributed by atoms with van der Waals surface area (Å²) in [4.78, 5) is 31.6. The Labute approximate surface area is 203 Å². The van der Waals surface area contributed by atoms with Crippen LogP contribution in [0.5, 0.6) is 11.5 Å². The molecule has 35 heavy (non-hydrogen) atoms. The fourth-order valence-electron chi connectivity index (χ4n) is 5.04. The molecule has 1 N–H and O–H groups in total. The van der Waals surface area contributed by atoms with Crippen LogP contribution in [-0.2, 0) is 11.3 Å². The van der Waals surface area contributed by atoms with Gasteiger partial charge in [-0.3, -0.25) is 9.59 Å². The molecule has 4 heterocycles. The normalized spacial score (nSPS) is 18.7. The van der Waals surface area contributed by atoms with Crippen LogP contribution >= 0.6 is 0 Å². The van der Waals surface area contributed by atoms with E-state index in [0.717, 1.165) is 43.1 Å². The third-order valence-corrected chi connectivity index (χ3v) is 6.67. The second kappa shape index (κ2) is 9.66. The minimum absolute atomic E-state index is 0.0864. The second-order valence-electron chi connectivity index (χ2n) is 8.94. The first-order chi connectivity index (χ1) is 17.0. The van der Waals surface area contributed by atoms with Crippen LogP contribution in [0.3, 0.4) is 0 Å². The van der Waals surface area contributed by atoms with Crippen molar-refractivity contribution < 1.29 is 14.3 Å². The van der Waals surface area contributed by atoms with Crippen LogP contribution < -0.4 is 25.2 Å². The van der Waals surface area contributed by atoms with Crippen molar-refractivity contribution >= 4 is 23.5 Å². The fourth-order valence-corrected chi connectivity index (χ4v) is 5.04.